The molecule has 1 unspecified atom stereocenters. The molecule has 0 bridgehead atoms. The molecule has 0 spiro atoms. The smallest absolute Gasteiger partial charge is 0.202 e. The number of carbonyl (C=O) groups is 1. The summed E-state index contributed by atoms with van der Waals surface area (Å²) in [5.41, 5.74) is 0. The maximum atomic E-state index is 10.4. The molecule has 0 aromatic rings. The number of nitrogens with zero attached hydrogens (tertiary/aromatic N) is 1. The fourth-order valence-electron chi connectivity index (χ4n) is 0.743. The Morgan fingerprint density at radius 1 is 1.62 bits per heavy atom. The maximum absolute atomic E-state index is 10.4. The van der Waals surface area contributed by atoms with E-state index in [0.29, 0.717) is 18.9 Å². The van der Waals surface area contributed by atoms with E-state index in [1.807, 2.05) is 6.92 Å². The van der Waals surface area contributed by atoms with Crippen molar-refractivity contribution in [3.63, 3.8) is 0 Å². The van der Waals surface area contributed by atoms with Gasteiger partial charge in [-0.15, -0.1) is 4.91 Å². The normalized spacial score (nSPS) is 10.9. The number of rotatable bonds is 5. The monoisotopic (exact) mass is 183 g/mol. The number of hydrogen-bond donors (Lipinski definition) is 0. The van der Waals surface area contributed by atoms with E-state index in [2.05, 4.69) is 22.0 Å². The Morgan fingerprint density at radius 3 is 2.85 bits per heavy atom. The molecule has 0 saturated carbocycles. The van der Waals surface area contributed by atoms with Crippen molar-refractivity contribution in [2.45, 2.75) is 26.7 Å². The topological polar surface area (TPSA) is 55.7 Å². The average Bonchev–Trinajstić information content (AvgIpc) is 2.04. The summed E-state index contributed by atoms with van der Waals surface area (Å²) in [5.74, 6) is 5.39. The Bertz CT molecular complexity index is 227. The van der Waals surface area contributed by atoms with Crippen molar-refractivity contribution < 1.29 is 9.63 Å². The minimum Gasteiger partial charge on any atom is -0.364 e. The summed E-state index contributed by atoms with van der Waals surface area (Å²) in [6.45, 7) is 3.71. The van der Waals surface area contributed by atoms with Crippen molar-refractivity contribution in [2.75, 3.05) is 6.61 Å². The maximum Gasteiger partial charge on any atom is 0.202 e. The summed E-state index contributed by atoms with van der Waals surface area (Å²) in [7, 11) is 0. The number of carbonyl (C=O) groups excluding carboxylic acids is 1. The van der Waals surface area contributed by atoms with Gasteiger partial charge in [0, 0.05) is 13.3 Å². The molecule has 0 aliphatic carbocycles. The van der Waals surface area contributed by atoms with Gasteiger partial charge in [0.15, 0.2) is 5.34 Å². The van der Waals surface area contributed by atoms with Crippen molar-refractivity contribution in [3.05, 3.63) is 4.91 Å². The zero-order valence-corrected chi connectivity index (χ0v) is 7.87. The molecule has 72 valence electrons. The molecule has 0 rings (SSSR count). The van der Waals surface area contributed by atoms with Crippen LogP contribution in [0.15, 0.2) is 5.34 Å². The van der Waals surface area contributed by atoms with Gasteiger partial charge in [0.2, 0.25) is 5.78 Å². The van der Waals surface area contributed by atoms with Crippen LogP contribution in [0.5, 0.6) is 0 Å². The number of ketones is 1. The second-order valence-corrected chi connectivity index (χ2v) is 2.86. The van der Waals surface area contributed by atoms with E-state index in [9.17, 15) is 9.70 Å². The van der Waals surface area contributed by atoms with Gasteiger partial charge in [-0.05, 0) is 18.3 Å². The Morgan fingerprint density at radius 2 is 2.31 bits per heavy atom. The number of Topliss-reactive ketones (excluding diaryl/α,β-unsaturated/α-hetero) is 1. The minimum atomic E-state index is -0.127. The standard InChI is InChI=1S/C9H13NO3/c1-8(6-7-13-10-12)4-3-5-9(2)11/h8H,4,6-7H2,1-2H3. The van der Waals surface area contributed by atoms with Crippen LogP contribution in [-0.4, -0.2) is 12.4 Å². The fourth-order valence-corrected chi connectivity index (χ4v) is 0.743. The van der Waals surface area contributed by atoms with Crippen LogP contribution in [0.3, 0.4) is 0 Å². The SMILES string of the molecule is CC(=O)C#CCC(C)CCON=O. The molecule has 0 saturated heterocycles. The highest BCUT2D eigenvalue weighted by Gasteiger charge is 1.99. The fraction of sp³-hybridized carbons (Fsp3) is 0.667. The molecule has 1 atom stereocenters. The molecule has 0 aromatic carbocycles. The van der Waals surface area contributed by atoms with E-state index in [1.165, 1.54) is 6.92 Å². The van der Waals surface area contributed by atoms with Crippen LogP contribution < -0.4 is 0 Å². The van der Waals surface area contributed by atoms with E-state index in [4.69, 9.17) is 0 Å². The third-order valence-corrected chi connectivity index (χ3v) is 1.47. The van der Waals surface area contributed by atoms with Gasteiger partial charge in [0.1, 0.15) is 6.61 Å². The van der Waals surface area contributed by atoms with Gasteiger partial charge >= 0.3 is 0 Å². The lowest BCUT2D eigenvalue weighted by molar-refractivity contribution is -0.111. The van der Waals surface area contributed by atoms with Crippen molar-refractivity contribution >= 4 is 5.78 Å². The van der Waals surface area contributed by atoms with E-state index >= 15 is 0 Å². The molecule has 0 amide bonds. The Labute approximate surface area is 77.6 Å². The summed E-state index contributed by atoms with van der Waals surface area (Å²) < 4.78 is 0. The van der Waals surface area contributed by atoms with Gasteiger partial charge < -0.3 is 4.84 Å². The molecule has 0 fully saturated rings. The first-order valence-electron chi connectivity index (χ1n) is 4.11. The summed E-state index contributed by atoms with van der Waals surface area (Å²) in [6, 6.07) is 0. The zero-order valence-electron chi connectivity index (χ0n) is 7.87. The molecular weight excluding hydrogens is 170 g/mol. The Hall–Kier alpha value is -1.37. The largest absolute Gasteiger partial charge is 0.364 e. The highest BCUT2D eigenvalue weighted by molar-refractivity contribution is 5.93. The molecule has 0 N–H and O–H groups in total. The van der Waals surface area contributed by atoms with E-state index in [0.717, 1.165) is 6.42 Å². The third-order valence-electron chi connectivity index (χ3n) is 1.47. The Balaban J connectivity index is 3.52. The molecule has 4 nitrogen and oxygen atoms in total. The minimum absolute atomic E-state index is 0.127. The highest BCUT2D eigenvalue weighted by atomic mass is 16.7. The number of hydrogen-bond acceptors (Lipinski definition) is 4. The van der Waals surface area contributed by atoms with Crippen molar-refractivity contribution in [1.29, 1.82) is 0 Å². The third kappa shape index (κ3) is 8.54. The van der Waals surface area contributed by atoms with Crippen LogP contribution in [0, 0.1) is 22.7 Å². The lowest BCUT2D eigenvalue weighted by Crippen LogP contribution is -1.98. The first kappa shape index (κ1) is 11.6. The second-order valence-electron chi connectivity index (χ2n) is 2.86. The van der Waals surface area contributed by atoms with Crippen LogP contribution in [-0.2, 0) is 9.63 Å². The van der Waals surface area contributed by atoms with E-state index < -0.39 is 0 Å². The molecule has 0 aliphatic rings. The lowest BCUT2D eigenvalue weighted by atomic mass is 10.1. The molecule has 0 radical (unpaired) electrons. The lowest BCUT2D eigenvalue weighted by Gasteiger charge is -2.03. The van der Waals surface area contributed by atoms with Crippen molar-refractivity contribution in [2.24, 2.45) is 11.3 Å². The summed E-state index contributed by atoms with van der Waals surface area (Å²) in [6.07, 6.45) is 1.36. The summed E-state index contributed by atoms with van der Waals surface area (Å²) in [5, 5.41) is 2.28. The van der Waals surface area contributed by atoms with Crippen LogP contribution in [0.1, 0.15) is 26.7 Å². The highest BCUT2D eigenvalue weighted by Crippen LogP contribution is 2.05. The van der Waals surface area contributed by atoms with Gasteiger partial charge in [-0.3, -0.25) is 4.79 Å². The van der Waals surface area contributed by atoms with Gasteiger partial charge in [0.05, 0.1) is 0 Å². The quantitative estimate of drug-likeness (QED) is 0.214. The molecule has 0 aromatic heterocycles. The summed E-state index contributed by atoms with van der Waals surface area (Å²) in [4.78, 5) is 24.3. The second kappa shape index (κ2) is 7.29. The van der Waals surface area contributed by atoms with Crippen LogP contribution in [0.25, 0.3) is 0 Å². The molecule has 0 heterocycles. The van der Waals surface area contributed by atoms with Crippen LogP contribution >= 0.6 is 0 Å². The predicted octanol–water partition coefficient (Wildman–Crippen LogP) is 1.69. The molecular formula is C9H13NO3. The first-order valence-corrected chi connectivity index (χ1v) is 4.11. The average molecular weight is 183 g/mol. The zero-order chi connectivity index (χ0) is 10.1. The molecule has 4 heteroatoms. The van der Waals surface area contributed by atoms with Crippen LogP contribution in [0.2, 0.25) is 0 Å². The van der Waals surface area contributed by atoms with Gasteiger partial charge in [-0.2, -0.15) is 0 Å². The van der Waals surface area contributed by atoms with E-state index in [-0.39, 0.29) is 5.78 Å². The van der Waals surface area contributed by atoms with Gasteiger partial charge in [0.25, 0.3) is 0 Å². The molecule has 0 aliphatic heterocycles. The molecule has 13 heavy (non-hydrogen) atoms. The van der Waals surface area contributed by atoms with Gasteiger partial charge in [-0.1, -0.05) is 12.8 Å². The predicted molar refractivity (Wildman–Crippen MR) is 48.6 cm³/mol. The van der Waals surface area contributed by atoms with Crippen LogP contribution in [0.4, 0.5) is 0 Å². The first-order chi connectivity index (χ1) is 6.16. The summed E-state index contributed by atoms with van der Waals surface area (Å²) >= 11 is 0. The van der Waals surface area contributed by atoms with Crippen molar-refractivity contribution in [1.82, 2.24) is 0 Å². The van der Waals surface area contributed by atoms with Gasteiger partial charge in [-0.25, -0.2) is 0 Å². The Kier molecular flexibility index (Phi) is 6.52. The van der Waals surface area contributed by atoms with Crippen molar-refractivity contribution in [3.8, 4) is 11.8 Å². The van der Waals surface area contributed by atoms with E-state index in [1.54, 1.807) is 0 Å².